The lowest BCUT2D eigenvalue weighted by Gasteiger charge is -2.37. The Balaban J connectivity index is 1.46. The molecule has 2 heterocycles. The molecule has 42 heavy (non-hydrogen) atoms. The average Bonchev–Trinajstić information content (AvgIpc) is 3.01. The molecule has 0 saturated heterocycles. The summed E-state index contributed by atoms with van der Waals surface area (Å²) in [6.07, 6.45) is 3.94. The fourth-order valence-electron chi connectivity index (χ4n) is 5.26. The van der Waals surface area contributed by atoms with Gasteiger partial charge in [0.1, 0.15) is 17.9 Å². The molecule has 9 heteroatoms. The molecule has 0 fully saturated rings. The first-order chi connectivity index (χ1) is 20.3. The number of carbonyl (C=O) groups is 1. The Labute approximate surface area is 243 Å². The van der Waals surface area contributed by atoms with Crippen LogP contribution >= 0.6 is 0 Å². The second kappa shape index (κ2) is 12.3. The molecule has 5 rings (SSSR count). The molecule has 1 amide bonds. The molecule has 0 saturated carbocycles. The van der Waals surface area contributed by atoms with E-state index in [0.29, 0.717) is 47.3 Å². The van der Waals surface area contributed by atoms with E-state index in [1.807, 2.05) is 43.3 Å². The van der Waals surface area contributed by atoms with E-state index in [1.165, 1.54) is 6.07 Å². The van der Waals surface area contributed by atoms with Gasteiger partial charge in [-0.1, -0.05) is 6.07 Å². The van der Waals surface area contributed by atoms with Crippen molar-refractivity contribution in [2.75, 3.05) is 41.6 Å². The quantitative estimate of drug-likeness (QED) is 0.196. The van der Waals surface area contributed by atoms with Crippen LogP contribution in [0.3, 0.4) is 0 Å². The van der Waals surface area contributed by atoms with Gasteiger partial charge in [-0.05, 0) is 78.1 Å². The highest BCUT2D eigenvalue weighted by atomic mass is 16.5. The predicted molar refractivity (Wildman–Crippen MR) is 159 cm³/mol. The van der Waals surface area contributed by atoms with E-state index in [2.05, 4.69) is 0 Å². The van der Waals surface area contributed by atoms with E-state index in [9.17, 15) is 9.59 Å². The van der Waals surface area contributed by atoms with Crippen molar-refractivity contribution < 1.29 is 32.9 Å². The maximum absolute atomic E-state index is 13.6. The summed E-state index contributed by atoms with van der Waals surface area (Å²) in [5.74, 6) is 2.74. The molecular formula is C33H33NO8. The molecule has 1 unspecified atom stereocenters. The van der Waals surface area contributed by atoms with E-state index in [-0.39, 0.29) is 12.5 Å². The SMILES string of the molecule is COc1ccc(C=CC(=O)N2CCc3cc(OC)c(OC)cc3C2COc2ccc3c(C)cc(=O)oc3c2)cc1OC. The van der Waals surface area contributed by atoms with Crippen molar-refractivity contribution in [3.63, 3.8) is 0 Å². The van der Waals surface area contributed by atoms with Gasteiger partial charge in [0.2, 0.25) is 5.91 Å². The number of amides is 1. The van der Waals surface area contributed by atoms with Crippen LogP contribution in [0.1, 0.15) is 28.3 Å². The molecule has 0 N–H and O–H groups in total. The van der Waals surface area contributed by atoms with Gasteiger partial charge in [-0.25, -0.2) is 4.79 Å². The number of hydrogen-bond acceptors (Lipinski definition) is 8. The first-order valence-corrected chi connectivity index (χ1v) is 13.5. The van der Waals surface area contributed by atoms with Crippen LogP contribution in [0.15, 0.2) is 69.9 Å². The Morgan fingerprint density at radius 3 is 2.36 bits per heavy atom. The second-order valence-corrected chi connectivity index (χ2v) is 9.87. The minimum atomic E-state index is -0.420. The molecule has 0 aliphatic carbocycles. The Bertz CT molecular complexity index is 1710. The van der Waals surface area contributed by atoms with Gasteiger partial charge in [0.15, 0.2) is 23.0 Å². The molecule has 0 spiro atoms. The number of benzene rings is 3. The molecule has 1 aliphatic rings. The van der Waals surface area contributed by atoms with Gasteiger partial charge in [0.25, 0.3) is 0 Å². The predicted octanol–water partition coefficient (Wildman–Crippen LogP) is 5.35. The summed E-state index contributed by atoms with van der Waals surface area (Å²) in [4.78, 5) is 27.3. The molecular weight excluding hydrogens is 538 g/mol. The van der Waals surface area contributed by atoms with Crippen LogP contribution in [0.5, 0.6) is 28.7 Å². The van der Waals surface area contributed by atoms with Crippen LogP contribution in [0.25, 0.3) is 17.0 Å². The summed E-state index contributed by atoms with van der Waals surface area (Å²) < 4.78 is 33.4. The third-order valence-corrected chi connectivity index (χ3v) is 7.44. The maximum Gasteiger partial charge on any atom is 0.336 e. The number of carbonyl (C=O) groups excluding carboxylic acids is 1. The molecule has 4 aromatic rings. The van der Waals surface area contributed by atoms with Gasteiger partial charge in [-0.15, -0.1) is 0 Å². The Kier molecular flexibility index (Phi) is 8.38. The van der Waals surface area contributed by atoms with Crippen molar-refractivity contribution in [2.24, 2.45) is 0 Å². The molecule has 0 bridgehead atoms. The summed E-state index contributed by atoms with van der Waals surface area (Å²) in [6, 6.07) is 15.8. The summed E-state index contributed by atoms with van der Waals surface area (Å²) >= 11 is 0. The second-order valence-electron chi connectivity index (χ2n) is 9.87. The zero-order valence-corrected chi connectivity index (χ0v) is 24.3. The lowest BCUT2D eigenvalue weighted by molar-refractivity contribution is -0.129. The molecule has 0 radical (unpaired) electrons. The van der Waals surface area contributed by atoms with Crippen molar-refractivity contribution in [1.82, 2.24) is 4.90 Å². The van der Waals surface area contributed by atoms with Crippen molar-refractivity contribution in [3.8, 4) is 28.7 Å². The van der Waals surface area contributed by atoms with Crippen LogP contribution in [-0.4, -0.2) is 52.4 Å². The van der Waals surface area contributed by atoms with Gasteiger partial charge in [-0.2, -0.15) is 0 Å². The summed E-state index contributed by atoms with van der Waals surface area (Å²) in [6.45, 7) is 2.51. The van der Waals surface area contributed by atoms with Crippen LogP contribution in [0, 0.1) is 6.92 Å². The molecule has 218 valence electrons. The number of nitrogens with zero attached hydrogens (tertiary/aromatic N) is 1. The summed E-state index contributed by atoms with van der Waals surface area (Å²) in [5, 5.41) is 0.832. The zero-order valence-electron chi connectivity index (χ0n) is 24.3. The fourth-order valence-corrected chi connectivity index (χ4v) is 5.26. The standard InChI is InChI=1S/C33H33NO8/c1-20-14-33(36)42-28-17-23(8-9-24(20)28)41-19-26-25-18-31(40-5)30(39-4)16-22(25)12-13-34(26)32(35)11-7-21-6-10-27(37-2)29(15-21)38-3/h6-11,14-18,26H,12-13,19H2,1-5H3. The zero-order chi connectivity index (χ0) is 29.8. The third kappa shape index (κ3) is 5.76. The molecule has 3 aromatic carbocycles. The lowest BCUT2D eigenvalue weighted by Crippen LogP contribution is -2.41. The van der Waals surface area contributed by atoms with Crippen LogP contribution in [0.2, 0.25) is 0 Å². The maximum atomic E-state index is 13.6. The normalized spacial score (nSPS) is 14.5. The Morgan fingerprint density at radius 2 is 1.62 bits per heavy atom. The molecule has 9 nitrogen and oxygen atoms in total. The number of aryl methyl sites for hydroxylation is 1. The van der Waals surface area contributed by atoms with Crippen molar-refractivity contribution in [3.05, 3.63) is 93.3 Å². The smallest absolute Gasteiger partial charge is 0.336 e. The van der Waals surface area contributed by atoms with Gasteiger partial charge in [0, 0.05) is 30.1 Å². The fraction of sp³-hybridized carbons (Fsp3) is 0.273. The third-order valence-electron chi connectivity index (χ3n) is 7.44. The molecule has 1 aromatic heterocycles. The average molecular weight is 572 g/mol. The number of ether oxygens (including phenoxy) is 5. The number of hydrogen-bond donors (Lipinski definition) is 0. The first-order valence-electron chi connectivity index (χ1n) is 13.5. The largest absolute Gasteiger partial charge is 0.493 e. The summed E-state index contributed by atoms with van der Waals surface area (Å²) in [5.41, 5.74) is 3.61. The highest BCUT2D eigenvalue weighted by Gasteiger charge is 2.32. The van der Waals surface area contributed by atoms with Gasteiger partial charge >= 0.3 is 5.63 Å². The number of methoxy groups -OCH3 is 4. The van der Waals surface area contributed by atoms with Crippen LogP contribution in [0.4, 0.5) is 0 Å². The van der Waals surface area contributed by atoms with Crippen LogP contribution < -0.4 is 29.3 Å². The molecule has 1 atom stereocenters. The minimum absolute atomic E-state index is 0.167. The van der Waals surface area contributed by atoms with Gasteiger partial charge < -0.3 is 33.0 Å². The number of rotatable bonds is 9. The highest BCUT2D eigenvalue weighted by molar-refractivity contribution is 5.92. The van der Waals surface area contributed by atoms with E-state index < -0.39 is 11.7 Å². The molecule has 1 aliphatic heterocycles. The van der Waals surface area contributed by atoms with E-state index in [0.717, 1.165) is 27.6 Å². The monoisotopic (exact) mass is 571 g/mol. The van der Waals surface area contributed by atoms with Crippen molar-refractivity contribution in [1.29, 1.82) is 0 Å². The first kappa shape index (κ1) is 28.6. The minimum Gasteiger partial charge on any atom is -0.493 e. The van der Waals surface area contributed by atoms with E-state index in [4.69, 9.17) is 28.1 Å². The van der Waals surface area contributed by atoms with Gasteiger partial charge in [-0.3, -0.25) is 4.79 Å². The lowest BCUT2D eigenvalue weighted by atomic mass is 9.92. The van der Waals surface area contributed by atoms with E-state index in [1.54, 1.807) is 57.6 Å². The van der Waals surface area contributed by atoms with Crippen LogP contribution in [-0.2, 0) is 11.2 Å². The van der Waals surface area contributed by atoms with Gasteiger partial charge in [0.05, 0.1) is 34.5 Å². The highest BCUT2D eigenvalue weighted by Crippen LogP contribution is 2.39. The Morgan fingerprint density at radius 1 is 0.905 bits per heavy atom. The Hall–Kier alpha value is -4.92. The van der Waals surface area contributed by atoms with Crippen molar-refractivity contribution >= 4 is 23.0 Å². The van der Waals surface area contributed by atoms with E-state index >= 15 is 0 Å². The topological polar surface area (TPSA) is 96.7 Å². The number of fused-ring (bicyclic) bond motifs is 2. The van der Waals surface area contributed by atoms with Crippen molar-refractivity contribution in [2.45, 2.75) is 19.4 Å². The summed E-state index contributed by atoms with van der Waals surface area (Å²) in [7, 11) is 6.33.